The molecule has 0 spiro atoms. The molecule has 0 aromatic rings. The van der Waals surface area contributed by atoms with E-state index in [1.165, 1.54) is 0 Å². The summed E-state index contributed by atoms with van der Waals surface area (Å²) < 4.78 is 15.6. The van der Waals surface area contributed by atoms with Crippen molar-refractivity contribution in [3.63, 3.8) is 0 Å². The standard InChI is InChI=1S/C11H24O4Si/c1-9(2)11(12)15-16-7-5-6-14-8-10(3)13-4/h9-10H,5-8,16H2,1-4H3. The molecule has 96 valence electrons. The summed E-state index contributed by atoms with van der Waals surface area (Å²) in [7, 11) is 0.981. The molecular weight excluding hydrogens is 224 g/mol. The Morgan fingerprint density at radius 1 is 1.31 bits per heavy atom. The molecule has 0 N–H and O–H groups in total. The summed E-state index contributed by atoms with van der Waals surface area (Å²) in [6, 6.07) is 0.986. The van der Waals surface area contributed by atoms with Gasteiger partial charge in [0.2, 0.25) is 9.76 Å². The first kappa shape index (κ1) is 15.6. The van der Waals surface area contributed by atoms with Crippen LogP contribution in [-0.4, -0.2) is 42.2 Å². The molecule has 0 bridgehead atoms. The van der Waals surface area contributed by atoms with Gasteiger partial charge < -0.3 is 13.9 Å². The van der Waals surface area contributed by atoms with E-state index in [9.17, 15) is 4.79 Å². The van der Waals surface area contributed by atoms with Gasteiger partial charge in [0.05, 0.1) is 12.7 Å². The number of ether oxygens (including phenoxy) is 2. The fourth-order valence-electron chi connectivity index (χ4n) is 0.963. The maximum atomic E-state index is 11.1. The molecule has 4 nitrogen and oxygen atoms in total. The van der Waals surface area contributed by atoms with Gasteiger partial charge in [0.25, 0.3) is 5.97 Å². The van der Waals surface area contributed by atoms with Gasteiger partial charge in [-0.1, -0.05) is 13.8 Å². The Morgan fingerprint density at radius 3 is 2.56 bits per heavy atom. The Labute approximate surface area is 101 Å². The zero-order valence-corrected chi connectivity index (χ0v) is 12.2. The van der Waals surface area contributed by atoms with Crippen molar-refractivity contribution in [2.24, 2.45) is 5.92 Å². The molecule has 0 heterocycles. The Balaban J connectivity index is 3.19. The van der Waals surface area contributed by atoms with E-state index in [0.29, 0.717) is 6.61 Å². The van der Waals surface area contributed by atoms with Crippen molar-refractivity contribution >= 4 is 15.7 Å². The molecule has 0 aliphatic rings. The van der Waals surface area contributed by atoms with Crippen LogP contribution in [0.1, 0.15) is 27.2 Å². The first-order valence-corrected chi connectivity index (χ1v) is 7.42. The zero-order chi connectivity index (χ0) is 12.4. The van der Waals surface area contributed by atoms with Crippen LogP contribution in [-0.2, 0) is 18.7 Å². The van der Waals surface area contributed by atoms with Crippen molar-refractivity contribution in [3.05, 3.63) is 0 Å². The van der Waals surface area contributed by atoms with Gasteiger partial charge in [-0.25, -0.2) is 0 Å². The molecule has 0 aromatic carbocycles. The number of hydrogen-bond donors (Lipinski definition) is 0. The second-order valence-electron chi connectivity index (χ2n) is 4.15. The van der Waals surface area contributed by atoms with E-state index in [1.807, 2.05) is 20.8 Å². The summed E-state index contributed by atoms with van der Waals surface area (Å²) >= 11 is 0. The quantitative estimate of drug-likeness (QED) is 0.453. The van der Waals surface area contributed by atoms with E-state index in [0.717, 1.165) is 19.1 Å². The van der Waals surface area contributed by atoms with Gasteiger partial charge in [-0.3, -0.25) is 4.79 Å². The van der Waals surface area contributed by atoms with Crippen LogP contribution in [0.15, 0.2) is 0 Å². The smallest absolute Gasteiger partial charge is 0.294 e. The summed E-state index contributed by atoms with van der Waals surface area (Å²) in [4.78, 5) is 11.1. The molecule has 0 saturated heterocycles. The van der Waals surface area contributed by atoms with E-state index in [2.05, 4.69) is 0 Å². The Kier molecular flexibility index (Phi) is 9.57. The van der Waals surface area contributed by atoms with Crippen LogP contribution < -0.4 is 0 Å². The SMILES string of the molecule is COC(C)COCCC[SiH2]OC(=O)C(C)C. The van der Waals surface area contributed by atoms with Gasteiger partial charge in [0.1, 0.15) is 0 Å². The van der Waals surface area contributed by atoms with Gasteiger partial charge in [0.15, 0.2) is 0 Å². The minimum absolute atomic E-state index is 0.00805. The number of carbonyl (C=O) groups excluding carboxylic acids is 1. The fourth-order valence-corrected chi connectivity index (χ4v) is 2.05. The lowest BCUT2D eigenvalue weighted by Gasteiger charge is -2.10. The molecule has 0 fully saturated rings. The van der Waals surface area contributed by atoms with Gasteiger partial charge >= 0.3 is 0 Å². The summed E-state index contributed by atoms with van der Waals surface area (Å²) in [6.45, 7) is 7.03. The van der Waals surface area contributed by atoms with Gasteiger partial charge in [0, 0.05) is 19.6 Å². The highest BCUT2D eigenvalue weighted by atomic mass is 28.2. The zero-order valence-electron chi connectivity index (χ0n) is 10.8. The average Bonchev–Trinajstić information content (AvgIpc) is 2.26. The second-order valence-corrected chi connectivity index (χ2v) is 5.55. The molecule has 1 unspecified atom stereocenters. The normalized spacial score (nSPS) is 13.6. The average molecular weight is 248 g/mol. The maximum Gasteiger partial charge on any atom is 0.294 e. The maximum absolute atomic E-state index is 11.1. The van der Waals surface area contributed by atoms with Crippen LogP contribution in [0.2, 0.25) is 6.04 Å². The molecule has 5 heteroatoms. The van der Waals surface area contributed by atoms with Crippen molar-refractivity contribution < 1.29 is 18.7 Å². The first-order valence-electron chi connectivity index (χ1n) is 5.85. The highest BCUT2D eigenvalue weighted by molar-refractivity contribution is 6.30. The number of carbonyl (C=O) groups is 1. The van der Waals surface area contributed by atoms with Crippen LogP contribution in [0.3, 0.4) is 0 Å². The number of hydrogen-bond acceptors (Lipinski definition) is 4. The summed E-state index contributed by atoms with van der Waals surface area (Å²) in [5.41, 5.74) is 0. The van der Waals surface area contributed by atoms with Gasteiger partial charge in [-0.2, -0.15) is 0 Å². The van der Waals surface area contributed by atoms with E-state index in [1.54, 1.807) is 7.11 Å². The van der Waals surface area contributed by atoms with Crippen molar-refractivity contribution in [1.29, 1.82) is 0 Å². The third-order valence-electron chi connectivity index (χ3n) is 2.15. The largest absolute Gasteiger partial charge is 0.525 e. The van der Waals surface area contributed by atoms with Crippen molar-refractivity contribution in [3.8, 4) is 0 Å². The topological polar surface area (TPSA) is 44.8 Å². The molecule has 1 atom stereocenters. The lowest BCUT2D eigenvalue weighted by molar-refractivity contribution is -0.137. The van der Waals surface area contributed by atoms with E-state index >= 15 is 0 Å². The van der Waals surface area contributed by atoms with E-state index in [4.69, 9.17) is 13.9 Å². The third-order valence-corrected chi connectivity index (χ3v) is 3.43. The Hall–Kier alpha value is -0.393. The van der Waals surface area contributed by atoms with Crippen LogP contribution in [0.5, 0.6) is 0 Å². The van der Waals surface area contributed by atoms with Crippen LogP contribution in [0, 0.1) is 5.92 Å². The number of rotatable bonds is 9. The fraction of sp³-hybridized carbons (Fsp3) is 0.909. The Bertz CT molecular complexity index is 185. The first-order chi connectivity index (χ1) is 7.57. The monoisotopic (exact) mass is 248 g/mol. The van der Waals surface area contributed by atoms with Crippen LogP contribution in [0.25, 0.3) is 0 Å². The van der Waals surface area contributed by atoms with Crippen molar-refractivity contribution in [2.45, 2.75) is 39.3 Å². The minimum atomic E-state index is -0.692. The summed E-state index contributed by atoms with van der Waals surface area (Å²) in [6.07, 6.45) is 1.12. The molecule has 0 aliphatic carbocycles. The third kappa shape index (κ3) is 8.88. The van der Waals surface area contributed by atoms with Crippen LogP contribution >= 0.6 is 0 Å². The molecule has 0 saturated carbocycles. The predicted molar refractivity (Wildman–Crippen MR) is 66.2 cm³/mol. The molecule has 16 heavy (non-hydrogen) atoms. The number of methoxy groups -OCH3 is 1. The lowest BCUT2D eigenvalue weighted by atomic mass is 10.2. The molecule has 0 rings (SSSR count). The summed E-state index contributed by atoms with van der Waals surface area (Å²) in [5, 5.41) is 0. The highest BCUT2D eigenvalue weighted by Gasteiger charge is 2.07. The molecular formula is C11H24O4Si. The van der Waals surface area contributed by atoms with Crippen LogP contribution in [0.4, 0.5) is 0 Å². The van der Waals surface area contributed by atoms with Gasteiger partial charge in [-0.15, -0.1) is 0 Å². The lowest BCUT2D eigenvalue weighted by Crippen LogP contribution is -2.16. The molecule has 0 aliphatic heterocycles. The van der Waals surface area contributed by atoms with Crippen molar-refractivity contribution in [2.75, 3.05) is 20.3 Å². The second kappa shape index (κ2) is 9.81. The summed E-state index contributed by atoms with van der Waals surface area (Å²) in [5.74, 6) is -0.0770. The van der Waals surface area contributed by atoms with Gasteiger partial charge in [-0.05, 0) is 19.4 Å². The molecule has 0 amide bonds. The Morgan fingerprint density at radius 2 is 2.00 bits per heavy atom. The predicted octanol–water partition coefficient (Wildman–Crippen LogP) is 1.13. The van der Waals surface area contributed by atoms with Crippen molar-refractivity contribution in [1.82, 2.24) is 0 Å². The highest BCUT2D eigenvalue weighted by Crippen LogP contribution is 1.98. The molecule has 0 aromatic heterocycles. The van der Waals surface area contributed by atoms with E-state index < -0.39 is 9.76 Å². The minimum Gasteiger partial charge on any atom is -0.525 e. The van der Waals surface area contributed by atoms with E-state index in [-0.39, 0.29) is 18.0 Å². The molecule has 0 radical (unpaired) electrons.